The van der Waals surface area contributed by atoms with E-state index >= 15 is 0 Å². The molecule has 0 radical (unpaired) electrons. The molecule has 0 saturated carbocycles. The number of hydrogen-bond donors (Lipinski definition) is 1. The highest BCUT2D eigenvalue weighted by Gasteiger charge is 2.33. The van der Waals surface area contributed by atoms with E-state index in [4.69, 9.17) is 16.3 Å². The van der Waals surface area contributed by atoms with Crippen molar-refractivity contribution in [3.8, 4) is 0 Å². The second-order valence-electron chi connectivity index (χ2n) is 3.94. The summed E-state index contributed by atoms with van der Waals surface area (Å²) >= 11 is 5.64. The number of ether oxygens (including phenoxy) is 1. The quantitative estimate of drug-likeness (QED) is 0.844. The number of benzene rings is 1. The summed E-state index contributed by atoms with van der Waals surface area (Å²) in [4.78, 5) is 0. The van der Waals surface area contributed by atoms with E-state index < -0.39 is 5.60 Å². The van der Waals surface area contributed by atoms with E-state index in [0.717, 1.165) is 0 Å². The molecule has 1 unspecified atom stereocenters. The van der Waals surface area contributed by atoms with Crippen molar-refractivity contribution in [2.45, 2.75) is 18.4 Å². The predicted molar refractivity (Wildman–Crippen MR) is 55.5 cm³/mol. The molecule has 1 aromatic rings. The van der Waals surface area contributed by atoms with Gasteiger partial charge in [0.25, 0.3) is 0 Å². The fourth-order valence-electron chi connectivity index (χ4n) is 1.76. The summed E-state index contributed by atoms with van der Waals surface area (Å²) in [7, 11) is 0. The van der Waals surface area contributed by atoms with Crippen LogP contribution < -0.4 is 0 Å². The highest BCUT2D eigenvalue weighted by atomic mass is 35.5. The number of aliphatic hydroxyl groups is 1. The average molecular weight is 231 g/mol. The van der Waals surface area contributed by atoms with Gasteiger partial charge in [0.1, 0.15) is 5.82 Å². The van der Waals surface area contributed by atoms with Crippen LogP contribution in [0.5, 0.6) is 0 Å². The Morgan fingerprint density at radius 1 is 1.53 bits per heavy atom. The van der Waals surface area contributed by atoms with Crippen LogP contribution in [0.25, 0.3) is 0 Å². The van der Waals surface area contributed by atoms with Gasteiger partial charge in [-0.3, -0.25) is 0 Å². The lowest BCUT2D eigenvalue weighted by atomic mass is 9.94. The molecule has 1 aliphatic heterocycles. The van der Waals surface area contributed by atoms with Crippen LogP contribution in [0.3, 0.4) is 0 Å². The molecule has 0 spiro atoms. The first-order valence-electron chi connectivity index (χ1n) is 4.83. The fraction of sp³-hybridized carbons (Fsp3) is 0.455. The third-order valence-electron chi connectivity index (χ3n) is 2.62. The third kappa shape index (κ3) is 2.48. The highest BCUT2D eigenvalue weighted by Crippen LogP contribution is 2.25. The molecule has 1 atom stereocenters. The van der Waals surface area contributed by atoms with Gasteiger partial charge in [0.2, 0.25) is 0 Å². The maximum Gasteiger partial charge on any atom is 0.127 e. The maximum absolute atomic E-state index is 13.4. The van der Waals surface area contributed by atoms with Gasteiger partial charge in [0, 0.05) is 24.5 Å². The molecule has 1 fully saturated rings. The van der Waals surface area contributed by atoms with Crippen LogP contribution in [0.2, 0.25) is 5.02 Å². The average Bonchev–Trinajstić information content (AvgIpc) is 2.58. The number of rotatable bonds is 2. The molecule has 1 N–H and O–H groups in total. The normalized spacial score (nSPS) is 25.8. The van der Waals surface area contributed by atoms with Gasteiger partial charge in [-0.05, 0) is 17.7 Å². The zero-order chi connectivity index (χ0) is 10.9. The molecular weight excluding hydrogens is 219 g/mol. The van der Waals surface area contributed by atoms with Gasteiger partial charge in [-0.15, -0.1) is 0 Å². The van der Waals surface area contributed by atoms with E-state index in [1.165, 1.54) is 6.07 Å². The minimum atomic E-state index is -0.922. The van der Waals surface area contributed by atoms with Crippen molar-refractivity contribution in [2.24, 2.45) is 0 Å². The van der Waals surface area contributed by atoms with Gasteiger partial charge in [-0.2, -0.15) is 0 Å². The van der Waals surface area contributed by atoms with E-state index in [0.29, 0.717) is 23.6 Å². The van der Waals surface area contributed by atoms with E-state index in [1.54, 1.807) is 12.1 Å². The van der Waals surface area contributed by atoms with Crippen LogP contribution in [-0.4, -0.2) is 23.9 Å². The summed E-state index contributed by atoms with van der Waals surface area (Å²) in [6, 6.07) is 4.49. The Morgan fingerprint density at radius 3 is 2.93 bits per heavy atom. The Morgan fingerprint density at radius 2 is 2.33 bits per heavy atom. The number of halogens is 2. The van der Waals surface area contributed by atoms with Gasteiger partial charge >= 0.3 is 0 Å². The molecule has 15 heavy (non-hydrogen) atoms. The predicted octanol–water partition coefficient (Wildman–Crippen LogP) is 2.17. The first kappa shape index (κ1) is 10.9. The van der Waals surface area contributed by atoms with Crippen LogP contribution >= 0.6 is 11.6 Å². The summed E-state index contributed by atoms with van der Waals surface area (Å²) in [6.07, 6.45) is 0.824. The fourth-order valence-corrected chi connectivity index (χ4v) is 1.91. The summed E-state index contributed by atoms with van der Waals surface area (Å²) < 4.78 is 18.5. The maximum atomic E-state index is 13.4. The molecule has 1 saturated heterocycles. The molecule has 1 heterocycles. The Labute approximate surface area is 92.6 Å². The number of hydrogen-bond acceptors (Lipinski definition) is 2. The van der Waals surface area contributed by atoms with Crippen molar-refractivity contribution < 1.29 is 14.2 Å². The van der Waals surface area contributed by atoms with Gasteiger partial charge in [0.15, 0.2) is 0 Å². The van der Waals surface area contributed by atoms with Crippen molar-refractivity contribution in [1.82, 2.24) is 0 Å². The molecule has 2 nitrogen and oxygen atoms in total. The molecule has 1 aromatic carbocycles. The van der Waals surface area contributed by atoms with Crippen LogP contribution in [0.4, 0.5) is 4.39 Å². The molecule has 0 aliphatic carbocycles. The first-order valence-corrected chi connectivity index (χ1v) is 5.21. The largest absolute Gasteiger partial charge is 0.387 e. The van der Waals surface area contributed by atoms with Gasteiger partial charge in [-0.25, -0.2) is 4.39 Å². The third-order valence-corrected chi connectivity index (χ3v) is 2.85. The second kappa shape index (κ2) is 4.08. The van der Waals surface area contributed by atoms with E-state index in [9.17, 15) is 9.50 Å². The Kier molecular flexibility index (Phi) is 2.96. The zero-order valence-corrected chi connectivity index (χ0v) is 8.93. The minimum Gasteiger partial charge on any atom is -0.387 e. The van der Waals surface area contributed by atoms with Crippen molar-refractivity contribution in [3.63, 3.8) is 0 Å². The van der Waals surface area contributed by atoms with Crippen LogP contribution in [0, 0.1) is 5.82 Å². The van der Waals surface area contributed by atoms with E-state index in [-0.39, 0.29) is 18.8 Å². The van der Waals surface area contributed by atoms with Crippen LogP contribution in [-0.2, 0) is 11.2 Å². The Hall–Kier alpha value is -0.640. The minimum absolute atomic E-state index is 0.273. The van der Waals surface area contributed by atoms with Gasteiger partial charge in [-0.1, -0.05) is 17.7 Å². The van der Waals surface area contributed by atoms with Gasteiger partial charge in [0.05, 0.1) is 12.2 Å². The molecule has 4 heteroatoms. The summed E-state index contributed by atoms with van der Waals surface area (Å²) in [6.45, 7) is 0.806. The smallest absolute Gasteiger partial charge is 0.127 e. The zero-order valence-electron chi connectivity index (χ0n) is 8.17. The molecular formula is C11H12ClFO2. The van der Waals surface area contributed by atoms with Crippen molar-refractivity contribution in [2.75, 3.05) is 13.2 Å². The molecule has 0 amide bonds. The second-order valence-corrected chi connectivity index (χ2v) is 4.38. The monoisotopic (exact) mass is 230 g/mol. The SMILES string of the molecule is OC1(Cc2ccc(Cl)cc2F)CCOC1. The summed E-state index contributed by atoms with van der Waals surface area (Å²) in [5.41, 5.74) is -0.443. The summed E-state index contributed by atoms with van der Waals surface area (Å²) in [5, 5.41) is 10.4. The lowest BCUT2D eigenvalue weighted by Gasteiger charge is -2.20. The lowest BCUT2D eigenvalue weighted by Crippen LogP contribution is -2.31. The van der Waals surface area contributed by atoms with Gasteiger partial charge < -0.3 is 9.84 Å². The van der Waals surface area contributed by atoms with Crippen molar-refractivity contribution >= 4 is 11.6 Å². The van der Waals surface area contributed by atoms with Crippen LogP contribution in [0.1, 0.15) is 12.0 Å². The highest BCUT2D eigenvalue weighted by molar-refractivity contribution is 6.30. The van der Waals surface area contributed by atoms with Crippen molar-refractivity contribution in [3.05, 3.63) is 34.6 Å². The Bertz CT molecular complexity index is 362. The lowest BCUT2D eigenvalue weighted by molar-refractivity contribution is 0.0264. The molecule has 0 bridgehead atoms. The molecule has 2 rings (SSSR count). The van der Waals surface area contributed by atoms with E-state index in [2.05, 4.69) is 0 Å². The Balaban J connectivity index is 2.16. The molecule has 0 aromatic heterocycles. The summed E-state index contributed by atoms with van der Waals surface area (Å²) in [5.74, 6) is -0.372. The first-order chi connectivity index (χ1) is 7.09. The van der Waals surface area contributed by atoms with E-state index in [1.807, 2.05) is 0 Å². The topological polar surface area (TPSA) is 29.5 Å². The standard InChI is InChI=1S/C11H12ClFO2/c12-9-2-1-8(10(13)5-9)6-11(14)3-4-15-7-11/h1-2,5,14H,3-4,6-7H2. The van der Waals surface area contributed by atoms with Crippen molar-refractivity contribution in [1.29, 1.82) is 0 Å². The molecule has 82 valence electrons. The molecule has 1 aliphatic rings. The van der Waals surface area contributed by atoms with Crippen LogP contribution in [0.15, 0.2) is 18.2 Å².